The van der Waals surface area contributed by atoms with Crippen molar-refractivity contribution in [3.8, 4) is 5.75 Å². The number of halogens is 1. The van der Waals surface area contributed by atoms with Crippen molar-refractivity contribution in [2.24, 2.45) is 5.84 Å². The summed E-state index contributed by atoms with van der Waals surface area (Å²) in [5.74, 6) is 6.61. The Morgan fingerprint density at radius 3 is 2.65 bits per heavy atom. The van der Waals surface area contributed by atoms with Gasteiger partial charge in [-0.3, -0.25) is 11.3 Å². The molecule has 2 rings (SSSR count). The lowest BCUT2D eigenvalue weighted by molar-refractivity contribution is 0.410. The maximum absolute atomic E-state index is 5.73. The van der Waals surface area contributed by atoms with Crippen LogP contribution in [0.1, 0.15) is 22.7 Å². The molecule has 0 spiro atoms. The van der Waals surface area contributed by atoms with Gasteiger partial charge in [0.15, 0.2) is 0 Å². The van der Waals surface area contributed by atoms with Gasteiger partial charge in [0.25, 0.3) is 0 Å². The molecule has 1 unspecified atom stereocenters. The van der Waals surface area contributed by atoms with Crippen LogP contribution in [0.25, 0.3) is 0 Å². The second-order valence-corrected chi connectivity index (χ2v) is 5.60. The van der Waals surface area contributed by atoms with E-state index in [-0.39, 0.29) is 6.04 Å². The molecule has 2 aromatic carbocycles. The van der Waals surface area contributed by atoms with E-state index in [1.807, 2.05) is 31.2 Å². The quantitative estimate of drug-likeness (QED) is 0.649. The van der Waals surface area contributed by atoms with Crippen molar-refractivity contribution in [2.45, 2.75) is 19.4 Å². The first-order valence-corrected chi connectivity index (χ1v) is 7.29. The van der Waals surface area contributed by atoms with Crippen LogP contribution in [0.2, 0.25) is 0 Å². The van der Waals surface area contributed by atoms with E-state index in [9.17, 15) is 0 Å². The van der Waals surface area contributed by atoms with Crippen LogP contribution in [0.4, 0.5) is 0 Å². The number of methoxy groups -OCH3 is 1. The molecule has 2 aromatic rings. The van der Waals surface area contributed by atoms with Crippen LogP contribution in [0.3, 0.4) is 0 Å². The smallest absolute Gasteiger partial charge is 0.122 e. The molecule has 4 heteroatoms. The number of benzene rings is 2. The van der Waals surface area contributed by atoms with Gasteiger partial charge in [-0.05, 0) is 42.2 Å². The largest absolute Gasteiger partial charge is 0.496 e. The summed E-state index contributed by atoms with van der Waals surface area (Å²) < 4.78 is 6.47. The highest BCUT2D eigenvalue weighted by atomic mass is 79.9. The summed E-state index contributed by atoms with van der Waals surface area (Å²) in [5.41, 5.74) is 6.34. The Morgan fingerprint density at radius 1 is 1.25 bits per heavy atom. The van der Waals surface area contributed by atoms with Gasteiger partial charge in [0, 0.05) is 4.47 Å². The second-order valence-electron chi connectivity index (χ2n) is 4.74. The van der Waals surface area contributed by atoms with E-state index < -0.39 is 0 Å². The van der Waals surface area contributed by atoms with Crippen molar-refractivity contribution < 1.29 is 4.74 Å². The molecule has 3 nitrogen and oxygen atoms in total. The molecule has 0 radical (unpaired) electrons. The first-order valence-electron chi connectivity index (χ1n) is 6.49. The molecular formula is C16H19BrN2O. The van der Waals surface area contributed by atoms with Crippen LogP contribution in [-0.4, -0.2) is 7.11 Å². The number of ether oxygens (including phenoxy) is 1. The summed E-state index contributed by atoms with van der Waals surface area (Å²) in [6.45, 7) is 2.03. The summed E-state index contributed by atoms with van der Waals surface area (Å²) in [5, 5.41) is 0. The molecule has 0 bridgehead atoms. The second kappa shape index (κ2) is 6.88. The predicted molar refractivity (Wildman–Crippen MR) is 85.6 cm³/mol. The summed E-state index contributed by atoms with van der Waals surface area (Å²) in [7, 11) is 1.69. The monoisotopic (exact) mass is 334 g/mol. The van der Waals surface area contributed by atoms with Gasteiger partial charge in [0.2, 0.25) is 0 Å². The Hall–Kier alpha value is -1.36. The number of nitrogens with one attached hydrogen (secondary N) is 1. The molecule has 0 heterocycles. The zero-order valence-electron chi connectivity index (χ0n) is 11.7. The molecule has 0 amide bonds. The van der Waals surface area contributed by atoms with Crippen LogP contribution in [0.5, 0.6) is 5.75 Å². The van der Waals surface area contributed by atoms with Gasteiger partial charge in [-0.1, -0.05) is 46.3 Å². The molecule has 0 aromatic heterocycles. The van der Waals surface area contributed by atoms with Gasteiger partial charge in [-0.15, -0.1) is 0 Å². The third-order valence-corrected chi connectivity index (χ3v) is 4.19. The normalized spacial score (nSPS) is 12.2. The molecule has 106 valence electrons. The third kappa shape index (κ3) is 3.39. The fourth-order valence-electron chi connectivity index (χ4n) is 2.21. The number of aryl methyl sites for hydroxylation is 1. The van der Waals surface area contributed by atoms with Crippen LogP contribution in [0.15, 0.2) is 46.9 Å². The standard InChI is InChI=1S/C16H19BrN2O/c1-11-7-8-13(10-16(11)20-2)15(19-18)9-12-5-3-4-6-14(12)17/h3-8,10,15,19H,9,18H2,1-2H3. The lowest BCUT2D eigenvalue weighted by Gasteiger charge is -2.18. The molecule has 0 saturated carbocycles. The highest BCUT2D eigenvalue weighted by molar-refractivity contribution is 9.10. The maximum Gasteiger partial charge on any atom is 0.122 e. The van der Waals surface area contributed by atoms with Crippen LogP contribution < -0.4 is 16.0 Å². The molecule has 20 heavy (non-hydrogen) atoms. The van der Waals surface area contributed by atoms with E-state index in [1.54, 1.807) is 7.11 Å². The van der Waals surface area contributed by atoms with Gasteiger partial charge < -0.3 is 4.74 Å². The lowest BCUT2D eigenvalue weighted by Crippen LogP contribution is -2.29. The maximum atomic E-state index is 5.73. The predicted octanol–water partition coefficient (Wildman–Crippen LogP) is 3.51. The topological polar surface area (TPSA) is 47.3 Å². The number of hydrogen-bond donors (Lipinski definition) is 2. The summed E-state index contributed by atoms with van der Waals surface area (Å²) >= 11 is 3.57. The van der Waals surface area contributed by atoms with Crippen LogP contribution >= 0.6 is 15.9 Å². The average Bonchev–Trinajstić information content (AvgIpc) is 2.47. The summed E-state index contributed by atoms with van der Waals surface area (Å²) in [6.07, 6.45) is 0.810. The minimum atomic E-state index is 0.0446. The van der Waals surface area contributed by atoms with Crippen LogP contribution in [-0.2, 0) is 6.42 Å². The van der Waals surface area contributed by atoms with E-state index >= 15 is 0 Å². The average molecular weight is 335 g/mol. The van der Waals surface area contributed by atoms with Crippen molar-refractivity contribution in [3.05, 3.63) is 63.6 Å². The van der Waals surface area contributed by atoms with Crippen molar-refractivity contribution in [2.75, 3.05) is 7.11 Å². The van der Waals surface area contributed by atoms with Crippen molar-refractivity contribution in [3.63, 3.8) is 0 Å². The Labute approximate surface area is 128 Å². The van der Waals surface area contributed by atoms with E-state index in [0.717, 1.165) is 27.8 Å². The highest BCUT2D eigenvalue weighted by Crippen LogP contribution is 2.27. The lowest BCUT2D eigenvalue weighted by atomic mass is 9.98. The van der Waals surface area contributed by atoms with E-state index in [4.69, 9.17) is 10.6 Å². The molecule has 0 aliphatic carbocycles. The number of hydrogen-bond acceptors (Lipinski definition) is 3. The van der Waals surface area contributed by atoms with E-state index in [1.165, 1.54) is 5.56 Å². The third-order valence-electron chi connectivity index (χ3n) is 3.42. The molecule has 0 fully saturated rings. The molecule has 0 aliphatic heterocycles. The van der Waals surface area contributed by atoms with Gasteiger partial charge in [-0.25, -0.2) is 0 Å². The number of hydrazine groups is 1. The van der Waals surface area contributed by atoms with Gasteiger partial charge in [0.1, 0.15) is 5.75 Å². The minimum Gasteiger partial charge on any atom is -0.496 e. The molecule has 0 saturated heterocycles. The summed E-state index contributed by atoms with van der Waals surface area (Å²) in [6, 6.07) is 14.4. The number of rotatable bonds is 5. The van der Waals surface area contributed by atoms with E-state index in [0.29, 0.717) is 0 Å². The first-order chi connectivity index (χ1) is 9.65. The van der Waals surface area contributed by atoms with Gasteiger partial charge in [-0.2, -0.15) is 0 Å². The zero-order chi connectivity index (χ0) is 14.5. The SMILES string of the molecule is COc1cc(C(Cc2ccccc2Br)NN)ccc1C. The Balaban J connectivity index is 2.26. The Morgan fingerprint density at radius 2 is 2.00 bits per heavy atom. The van der Waals surface area contributed by atoms with Crippen molar-refractivity contribution in [1.29, 1.82) is 0 Å². The molecule has 1 atom stereocenters. The van der Waals surface area contributed by atoms with Crippen LogP contribution in [0, 0.1) is 6.92 Å². The van der Waals surface area contributed by atoms with Gasteiger partial charge in [0.05, 0.1) is 13.2 Å². The van der Waals surface area contributed by atoms with Crippen molar-refractivity contribution >= 4 is 15.9 Å². The molecule has 0 aliphatic rings. The fraction of sp³-hybridized carbons (Fsp3) is 0.250. The molecular weight excluding hydrogens is 316 g/mol. The van der Waals surface area contributed by atoms with E-state index in [2.05, 4.69) is 39.6 Å². The molecule has 3 N–H and O–H groups in total. The fourth-order valence-corrected chi connectivity index (χ4v) is 2.66. The highest BCUT2D eigenvalue weighted by Gasteiger charge is 2.13. The first kappa shape index (κ1) is 15.0. The summed E-state index contributed by atoms with van der Waals surface area (Å²) in [4.78, 5) is 0. The Bertz CT molecular complexity index is 586. The van der Waals surface area contributed by atoms with Crippen molar-refractivity contribution in [1.82, 2.24) is 5.43 Å². The minimum absolute atomic E-state index is 0.0446. The number of nitrogens with two attached hydrogens (primary N) is 1. The zero-order valence-corrected chi connectivity index (χ0v) is 13.3. The Kier molecular flexibility index (Phi) is 5.17. The van der Waals surface area contributed by atoms with Gasteiger partial charge >= 0.3 is 0 Å².